The predicted octanol–water partition coefficient (Wildman–Crippen LogP) is 2.77. The molecule has 2 heterocycles. The maximum absolute atomic E-state index is 9.47. The van der Waals surface area contributed by atoms with Gasteiger partial charge in [-0.15, -0.1) is 0 Å². The number of hydrogen-bond donors (Lipinski definition) is 1. The van der Waals surface area contributed by atoms with Gasteiger partial charge in [0.05, 0.1) is 22.4 Å². The van der Waals surface area contributed by atoms with Crippen LogP contribution >= 0.6 is 0 Å². The van der Waals surface area contributed by atoms with Gasteiger partial charge in [-0.1, -0.05) is 23.8 Å². The molecule has 3 rings (SSSR count). The summed E-state index contributed by atoms with van der Waals surface area (Å²) in [7, 11) is 0. The van der Waals surface area contributed by atoms with Gasteiger partial charge in [0.1, 0.15) is 0 Å². The maximum atomic E-state index is 9.47. The van der Waals surface area contributed by atoms with Gasteiger partial charge in [0, 0.05) is 45.4 Å². The molecule has 1 saturated heterocycles. The Morgan fingerprint density at radius 1 is 1.19 bits per heavy atom. The molecule has 2 aromatic rings. The van der Waals surface area contributed by atoms with Crippen LogP contribution in [0.2, 0.25) is 0 Å². The minimum absolute atomic E-state index is 0.235. The molecule has 0 bridgehead atoms. The molecule has 1 aliphatic rings. The van der Waals surface area contributed by atoms with Crippen molar-refractivity contribution in [3.63, 3.8) is 0 Å². The van der Waals surface area contributed by atoms with E-state index in [1.54, 1.807) is 0 Å². The van der Waals surface area contributed by atoms with E-state index >= 15 is 0 Å². The minimum Gasteiger partial charge on any atom is -0.396 e. The SMILES string of the molecule is CC(C)=CCN1CCN(Cc2nc3ccccc3nc2C)CC1CCO. The standard InChI is InChI=1S/C21H30N4O/c1-16(2)8-10-25-12-11-24(14-18(25)9-13-26)15-21-17(3)22-19-6-4-5-7-20(19)23-21/h4-8,18,26H,9-15H2,1-3H3. The summed E-state index contributed by atoms with van der Waals surface area (Å²) in [6.07, 6.45) is 3.09. The van der Waals surface area contributed by atoms with Crippen LogP contribution in [0.15, 0.2) is 35.9 Å². The minimum atomic E-state index is 0.235. The number of allylic oxidation sites excluding steroid dienone is 1. The Balaban J connectivity index is 1.71. The fraction of sp³-hybridized carbons (Fsp3) is 0.524. The summed E-state index contributed by atoms with van der Waals surface area (Å²) in [5, 5.41) is 9.47. The lowest BCUT2D eigenvalue weighted by Crippen LogP contribution is -2.53. The first-order chi connectivity index (χ1) is 12.6. The predicted molar refractivity (Wildman–Crippen MR) is 106 cm³/mol. The van der Waals surface area contributed by atoms with Crippen molar-refractivity contribution in [2.45, 2.75) is 39.8 Å². The average molecular weight is 354 g/mol. The Morgan fingerprint density at radius 3 is 2.62 bits per heavy atom. The normalized spacial score (nSPS) is 19.0. The van der Waals surface area contributed by atoms with Gasteiger partial charge in [-0.05, 0) is 39.3 Å². The zero-order chi connectivity index (χ0) is 18.5. The molecule has 1 aromatic carbocycles. The number of aliphatic hydroxyl groups excluding tert-OH is 1. The van der Waals surface area contributed by atoms with Gasteiger partial charge in [-0.2, -0.15) is 0 Å². The molecule has 0 spiro atoms. The molecule has 0 amide bonds. The summed E-state index contributed by atoms with van der Waals surface area (Å²) >= 11 is 0. The van der Waals surface area contributed by atoms with Gasteiger partial charge in [0.2, 0.25) is 0 Å². The van der Waals surface area contributed by atoms with E-state index in [9.17, 15) is 5.11 Å². The lowest BCUT2D eigenvalue weighted by molar-refractivity contribution is 0.0629. The van der Waals surface area contributed by atoms with E-state index < -0.39 is 0 Å². The van der Waals surface area contributed by atoms with E-state index in [-0.39, 0.29) is 6.61 Å². The number of aliphatic hydroxyl groups is 1. The molecular formula is C21H30N4O. The third-order valence-electron chi connectivity index (χ3n) is 5.10. The second-order valence-corrected chi connectivity index (χ2v) is 7.42. The van der Waals surface area contributed by atoms with Crippen LogP contribution in [0.25, 0.3) is 11.0 Å². The highest BCUT2D eigenvalue weighted by Gasteiger charge is 2.26. The van der Waals surface area contributed by atoms with Gasteiger partial charge in [0.25, 0.3) is 0 Å². The van der Waals surface area contributed by atoms with E-state index in [1.165, 1.54) is 5.57 Å². The Bertz CT molecular complexity index is 770. The first kappa shape index (κ1) is 19.0. The molecule has 1 aliphatic heterocycles. The van der Waals surface area contributed by atoms with Crippen molar-refractivity contribution >= 4 is 11.0 Å². The van der Waals surface area contributed by atoms with Crippen LogP contribution < -0.4 is 0 Å². The third-order valence-corrected chi connectivity index (χ3v) is 5.10. The van der Waals surface area contributed by atoms with E-state index in [4.69, 9.17) is 9.97 Å². The quantitative estimate of drug-likeness (QED) is 0.809. The Hall–Kier alpha value is -1.82. The van der Waals surface area contributed by atoms with Crippen molar-refractivity contribution < 1.29 is 5.11 Å². The van der Waals surface area contributed by atoms with Crippen molar-refractivity contribution in [3.05, 3.63) is 47.3 Å². The highest BCUT2D eigenvalue weighted by Crippen LogP contribution is 2.18. The molecular weight excluding hydrogens is 324 g/mol. The fourth-order valence-corrected chi connectivity index (χ4v) is 3.55. The number of benzene rings is 1. The number of fused-ring (bicyclic) bond motifs is 1. The van der Waals surface area contributed by atoms with Gasteiger partial charge in [0.15, 0.2) is 0 Å². The first-order valence-corrected chi connectivity index (χ1v) is 9.49. The summed E-state index contributed by atoms with van der Waals surface area (Å²) in [5.74, 6) is 0. The van der Waals surface area contributed by atoms with Crippen molar-refractivity contribution in [2.24, 2.45) is 0 Å². The van der Waals surface area contributed by atoms with Crippen LogP contribution in [0.4, 0.5) is 0 Å². The number of nitrogens with zero attached hydrogens (tertiary/aromatic N) is 4. The molecule has 26 heavy (non-hydrogen) atoms. The number of rotatable bonds is 6. The summed E-state index contributed by atoms with van der Waals surface area (Å²) < 4.78 is 0. The number of aryl methyl sites for hydroxylation is 1. The number of aromatic nitrogens is 2. The Kier molecular flexibility index (Phi) is 6.35. The van der Waals surface area contributed by atoms with Crippen LogP contribution in [0.5, 0.6) is 0 Å². The average Bonchev–Trinajstić information content (AvgIpc) is 2.62. The molecule has 0 saturated carbocycles. The molecule has 1 unspecified atom stereocenters. The molecule has 1 N–H and O–H groups in total. The monoisotopic (exact) mass is 354 g/mol. The van der Waals surface area contributed by atoms with Gasteiger partial charge >= 0.3 is 0 Å². The second-order valence-electron chi connectivity index (χ2n) is 7.42. The van der Waals surface area contributed by atoms with E-state index in [2.05, 4.69) is 29.7 Å². The Morgan fingerprint density at radius 2 is 1.92 bits per heavy atom. The first-order valence-electron chi connectivity index (χ1n) is 9.49. The maximum Gasteiger partial charge on any atom is 0.0890 e. The molecule has 0 aliphatic carbocycles. The number of hydrogen-bond acceptors (Lipinski definition) is 5. The molecule has 1 fully saturated rings. The highest BCUT2D eigenvalue weighted by molar-refractivity contribution is 5.74. The zero-order valence-corrected chi connectivity index (χ0v) is 16.1. The Labute approximate surface area is 156 Å². The van der Waals surface area contributed by atoms with Crippen LogP contribution in [0.1, 0.15) is 31.7 Å². The summed E-state index contributed by atoms with van der Waals surface area (Å²) in [6.45, 7) is 11.4. The van der Waals surface area contributed by atoms with E-state index in [1.807, 2.05) is 31.2 Å². The number of piperazine rings is 1. The van der Waals surface area contributed by atoms with Gasteiger partial charge in [-0.25, -0.2) is 9.97 Å². The summed E-state index contributed by atoms with van der Waals surface area (Å²) in [5.41, 5.74) is 5.33. The van der Waals surface area contributed by atoms with E-state index in [0.717, 1.165) is 61.6 Å². The van der Waals surface area contributed by atoms with Crippen LogP contribution in [-0.2, 0) is 6.54 Å². The van der Waals surface area contributed by atoms with E-state index in [0.29, 0.717) is 6.04 Å². The lowest BCUT2D eigenvalue weighted by Gasteiger charge is -2.41. The van der Waals surface area contributed by atoms with Gasteiger partial charge < -0.3 is 5.11 Å². The van der Waals surface area contributed by atoms with Crippen molar-refractivity contribution in [2.75, 3.05) is 32.8 Å². The van der Waals surface area contributed by atoms with Crippen LogP contribution in [0, 0.1) is 6.92 Å². The van der Waals surface area contributed by atoms with Crippen molar-refractivity contribution in [1.29, 1.82) is 0 Å². The highest BCUT2D eigenvalue weighted by atomic mass is 16.3. The van der Waals surface area contributed by atoms with Crippen LogP contribution in [0.3, 0.4) is 0 Å². The molecule has 1 atom stereocenters. The van der Waals surface area contributed by atoms with Gasteiger partial charge in [-0.3, -0.25) is 9.80 Å². The second kappa shape index (κ2) is 8.71. The smallest absolute Gasteiger partial charge is 0.0890 e. The van der Waals surface area contributed by atoms with Crippen molar-refractivity contribution in [3.8, 4) is 0 Å². The molecule has 1 aromatic heterocycles. The van der Waals surface area contributed by atoms with Crippen LogP contribution in [-0.4, -0.2) is 63.7 Å². The molecule has 140 valence electrons. The summed E-state index contributed by atoms with van der Waals surface area (Å²) in [6, 6.07) is 8.44. The largest absolute Gasteiger partial charge is 0.396 e. The third kappa shape index (κ3) is 4.67. The molecule has 0 radical (unpaired) electrons. The fourth-order valence-electron chi connectivity index (χ4n) is 3.55. The topological polar surface area (TPSA) is 52.5 Å². The lowest BCUT2D eigenvalue weighted by atomic mass is 10.1. The molecule has 5 nitrogen and oxygen atoms in total. The number of para-hydroxylation sites is 2. The zero-order valence-electron chi connectivity index (χ0n) is 16.1. The molecule has 5 heteroatoms. The summed E-state index contributed by atoms with van der Waals surface area (Å²) in [4.78, 5) is 14.5. The van der Waals surface area contributed by atoms with Crippen molar-refractivity contribution in [1.82, 2.24) is 19.8 Å².